The zero-order valence-electron chi connectivity index (χ0n) is 25.6. The van der Waals surface area contributed by atoms with Crippen molar-refractivity contribution in [2.75, 3.05) is 11.5 Å². The van der Waals surface area contributed by atoms with E-state index in [2.05, 4.69) is 9.97 Å². The highest BCUT2D eigenvalue weighted by Gasteiger charge is 2.34. The van der Waals surface area contributed by atoms with Gasteiger partial charge in [0, 0.05) is 32.1 Å². The van der Waals surface area contributed by atoms with Crippen LogP contribution in [0.15, 0.2) is 58.6 Å². The molecule has 0 fully saturated rings. The van der Waals surface area contributed by atoms with Crippen LogP contribution in [-0.2, 0) is 52.7 Å². The zero-order chi connectivity index (χ0) is 35.7. The molecule has 48 heavy (non-hydrogen) atoms. The van der Waals surface area contributed by atoms with E-state index in [-0.39, 0.29) is 59.8 Å². The third-order valence-electron chi connectivity index (χ3n) is 7.13. The second-order valence-electron chi connectivity index (χ2n) is 10.1. The van der Waals surface area contributed by atoms with Gasteiger partial charge in [0.2, 0.25) is 0 Å². The van der Waals surface area contributed by atoms with Crippen LogP contribution in [0.2, 0.25) is 0 Å². The highest BCUT2D eigenvalue weighted by Crippen LogP contribution is 2.37. The van der Waals surface area contributed by atoms with Crippen LogP contribution < -0.4 is 0 Å². The number of Topliss-reactive ketones (excluding diaryl/α,β-unsaturated/α-hetero) is 1. The Morgan fingerprint density at radius 2 is 1.15 bits per heavy atom. The van der Waals surface area contributed by atoms with Gasteiger partial charge in [-0.1, -0.05) is 21.3 Å². The summed E-state index contributed by atoms with van der Waals surface area (Å²) in [6.45, 7) is 3.70. The van der Waals surface area contributed by atoms with Gasteiger partial charge in [-0.2, -0.15) is 26.3 Å². The molecular weight excluding hydrogens is 690 g/mol. The summed E-state index contributed by atoms with van der Waals surface area (Å²) in [5, 5.41) is 9.18. The Bertz CT molecular complexity index is 2020. The number of carbonyl (C=O) groups is 1. The van der Waals surface area contributed by atoms with E-state index in [4.69, 9.17) is 0 Å². The van der Waals surface area contributed by atoms with Gasteiger partial charge in [-0.25, -0.2) is 26.8 Å². The van der Waals surface area contributed by atoms with Crippen LogP contribution in [0.3, 0.4) is 0 Å². The van der Waals surface area contributed by atoms with Crippen LogP contribution in [0.5, 0.6) is 0 Å². The van der Waals surface area contributed by atoms with E-state index in [0.29, 0.717) is 17.8 Å². The van der Waals surface area contributed by atoms with Gasteiger partial charge in [-0.15, -0.1) is 0 Å². The number of hydrogen-bond donors (Lipinski definition) is 1. The predicted octanol–water partition coefficient (Wildman–Crippen LogP) is 6.13. The van der Waals surface area contributed by atoms with E-state index in [1.165, 1.54) is 49.3 Å². The topological polar surface area (TPSA) is 141 Å². The fraction of sp³-hybridized carbons (Fsp3) is 0.367. The third kappa shape index (κ3) is 8.33. The molecule has 264 valence electrons. The van der Waals surface area contributed by atoms with Crippen LogP contribution in [0, 0.1) is 0 Å². The summed E-state index contributed by atoms with van der Waals surface area (Å²) in [6.07, 6.45) is -6.70. The van der Waals surface area contributed by atoms with Crippen molar-refractivity contribution in [3.05, 3.63) is 71.3 Å². The second-order valence-corrected chi connectivity index (χ2v) is 14.6. The summed E-state index contributed by atoms with van der Waals surface area (Å²) in [7, 11) is -4.77. The number of nitrogens with zero attached hydrogens (tertiary/aromatic N) is 4. The molecule has 0 amide bonds. The number of aliphatic hydroxyl groups excluding tert-OH is 1. The van der Waals surface area contributed by atoms with E-state index in [1.807, 2.05) is 0 Å². The quantitative estimate of drug-likeness (QED) is 0.169. The second kappa shape index (κ2) is 14.6. The molecule has 0 saturated carbocycles. The Balaban J connectivity index is 0.000000327. The van der Waals surface area contributed by atoms with Crippen molar-refractivity contribution in [1.82, 2.24) is 19.1 Å². The van der Waals surface area contributed by atoms with Gasteiger partial charge in [0.15, 0.2) is 25.5 Å². The number of alkyl halides is 6. The number of halogens is 6. The normalized spacial score (nSPS) is 12.2. The lowest BCUT2D eigenvalue weighted by Gasteiger charge is -2.14. The van der Waals surface area contributed by atoms with Crippen LogP contribution >= 0.6 is 0 Å². The van der Waals surface area contributed by atoms with Crippen molar-refractivity contribution in [2.24, 2.45) is 14.1 Å². The van der Waals surface area contributed by atoms with E-state index in [9.17, 15) is 53.1 Å². The monoisotopic (exact) mass is 724 g/mol. The number of benzene rings is 2. The molecular formula is C30H34F6N4O6S2. The molecule has 10 nitrogen and oxygen atoms in total. The molecule has 4 rings (SSSR count). The van der Waals surface area contributed by atoms with Crippen LogP contribution in [0.1, 0.15) is 55.5 Å². The van der Waals surface area contributed by atoms with Gasteiger partial charge in [-0.05, 0) is 36.4 Å². The summed E-state index contributed by atoms with van der Waals surface area (Å²) >= 11 is 0. The van der Waals surface area contributed by atoms with Gasteiger partial charge in [0.1, 0.15) is 17.3 Å². The molecule has 0 saturated heterocycles. The maximum Gasteiger partial charge on any atom is 0.416 e. The highest BCUT2D eigenvalue weighted by molar-refractivity contribution is 7.91. The molecule has 1 N–H and O–H groups in total. The maximum absolute atomic E-state index is 12.9. The molecule has 18 heteroatoms. The van der Waals surface area contributed by atoms with E-state index in [1.54, 1.807) is 7.05 Å². The molecule has 4 aromatic rings. The number of rotatable bonds is 8. The molecule has 0 aliphatic heterocycles. The van der Waals surface area contributed by atoms with Crippen molar-refractivity contribution in [1.29, 1.82) is 0 Å². The smallest absolute Gasteiger partial charge is 0.390 e. The molecule has 0 aliphatic carbocycles. The standard InChI is InChI=1S/C15H15F3N2O3S.C14H15F3N2O3S.CH4/c1-4-24(22,23)13-7-10(15(16,17)18)5-6-11(13)14-19-8-12(9(2)21)20(14)3;1-3-23(21,22)12-6-9(14(15,16)17)4-5-11(12)13-18-7-10(8-20)19(13)2;/h5-8H,4H2,1-3H3;4-7,20H,3,8H2,1-2H3;1H4. The minimum absolute atomic E-state index is 0. The molecule has 0 radical (unpaired) electrons. The maximum atomic E-state index is 12.9. The third-order valence-corrected chi connectivity index (χ3v) is 10.7. The minimum atomic E-state index is -4.66. The lowest BCUT2D eigenvalue weighted by Crippen LogP contribution is -2.12. The Labute approximate surface area is 273 Å². The number of ketones is 1. The number of hydrogen-bond acceptors (Lipinski definition) is 8. The lowest BCUT2D eigenvalue weighted by atomic mass is 10.1. The number of carbonyl (C=O) groups excluding carboxylic acids is 1. The first-order chi connectivity index (χ1) is 21.6. The summed E-state index contributed by atoms with van der Waals surface area (Å²) in [5.74, 6) is -0.692. The fourth-order valence-electron chi connectivity index (χ4n) is 4.42. The zero-order valence-corrected chi connectivity index (χ0v) is 27.2. The minimum Gasteiger partial charge on any atom is -0.390 e. The summed E-state index contributed by atoms with van der Waals surface area (Å²) in [4.78, 5) is 18.6. The predicted molar refractivity (Wildman–Crippen MR) is 165 cm³/mol. The Kier molecular flexibility index (Phi) is 12.2. The molecule has 0 spiro atoms. The number of aromatic nitrogens is 4. The first kappa shape index (κ1) is 40.1. The highest BCUT2D eigenvalue weighted by atomic mass is 32.2. The molecule has 0 atom stereocenters. The first-order valence-corrected chi connectivity index (χ1v) is 16.9. The van der Waals surface area contributed by atoms with Gasteiger partial charge in [0.05, 0.1) is 57.1 Å². The average molecular weight is 725 g/mol. The van der Waals surface area contributed by atoms with Crippen molar-refractivity contribution in [2.45, 2.75) is 56.9 Å². The summed E-state index contributed by atoms with van der Waals surface area (Å²) in [6, 6.07) is 5.01. The van der Waals surface area contributed by atoms with Crippen molar-refractivity contribution >= 4 is 25.5 Å². The van der Waals surface area contributed by atoms with E-state index >= 15 is 0 Å². The number of imidazole rings is 2. The fourth-order valence-corrected chi connectivity index (χ4v) is 6.65. The molecule has 0 aliphatic rings. The van der Waals surface area contributed by atoms with Crippen LogP contribution in [-0.4, -0.2) is 58.3 Å². The SMILES string of the molecule is C.CCS(=O)(=O)c1cc(C(F)(F)F)ccc1-c1ncc(C(C)=O)n1C.CCS(=O)(=O)c1cc(C(F)(F)F)ccc1-c1ncc(CO)n1C. The van der Waals surface area contributed by atoms with Gasteiger partial charge in [-0.3, -0.25) is 4.79 Å². The number of sulfone groups is 2. The largest absolute Gasteiger partial charge is 0.416 e. The molecule has 0 unspecified atom stereocenters. The summed E-state index contributed by atoms with van der Waals surface area (Å²) in [5.41, 5.74) is -1.35. The Hall–Kier alpha value is -4.03. The molecule has 2 aromatic carbocycles. The van der Waals surface area contributed by atoms with E-state index < -0.39 is 52.9 Å². The van der Waals surface area contributed by atoms with Crippen LogP contribution in [0.4, 0.5) is 26.3 Å². The van der Waals surface area contributed by atoms with Gasteiger partial charge in [0.25, 0.3) is 0 Å². The van der Waals surface area contributed by atoms with Crippen molar-refractivity contribution in [3.63, 3.8) is 0 Å². The Morgan fingerprint density at radius 3 is 1.46 bits per heavy atom. The van der Waals surface area contributed by atoms with E-state index in [0.717, 1.165) is 24.3 Å². The molecule has 2 heterocycles. The first-order valence-electron chi connectivity index (χ1n) is 13.6. The molecule has 2 aromatic heterocycles. The number of aliphatic hydroxyl groups is 1. The van der Waals surface area contributed by atoms with Gasteiger partial charge < -0.3 is 14.2 Å². The summed E-state index contributed by atoms with van der Waals surface area (Å²) < 4.78 is 129. The van der Waals surface area contributed by atoms with Crippen molar-refractivity contribution < 1.29 is 53.1 Å². The van der Waals surface area contributed by atoms with Crippen LogP contribution in [0.25, 0.3) is 22.8 Å². The molecule has 0 bridgehead atoms. The lowest BCUT2D eigenvalue weighted by molar-refractivity contribution is -0.138. The average Bonchev–Trinajstić information content (AvgIpc) is 3.57. The van der Waals surface area contributed by atoms with Gasteiger partial charge >= 0.3 is 12.4 Å². The Morgan fingerprint density at radius 1 is 0.750 bits per heavy atom. The van der Waals surface area contributed by atoms with Crippen molar-refractivity contribution in [3.8, 4) is 22.8 Å².